The van der Waals surface area contributed by atoms with E-state index in [9.17, 15) is 0 Å². The van der Waals surface area contributed by atoms with Gasteiger partial charge in [0, 0.05) is 10.5 Å². The van der Waals surface area contributed by atoms with Gasteiger partial charge in [0.1, 0.15) is 22.9 Å². The van der Waals surface area contributed by atoms with Crippen molar-refractivity contribution in [2.24, 2.45) is 0 Å². The summed E-state index contributed by atoms with van der Waals surface area (Å²) in [6.45, 7) is 0. The first-order valence-corrected chi connectivity index (χ1v) is 11.5. The molecule has 0 aliphatic carbocycles. The number of rotatable bonds is 5. The standard InChI is InChI=1S/C26H18BN3O2S/c1-2-10-21(11-3-1)30-18-24(28-29-30)19-8-6-12-22(16-19)31-23-13-7-9-20(17-23)27-32-25-14-4-5-15-26(25)33-27/h1-18H. The first kappa shape index (κ1) is 19.7. The Balaban J connectivity index is 1.21. The molecule has 0 amide bonds. The highest BCUT2D eigenvalue weighted by molar-refractivity contribution is 8.26. The molecule has 0 spiro atoms. The van der Waals surface area contributed by atoms with Crippen LogP contribution in [0.5, 0.6) is 17.2 Å². The zero-order valence-corrected chi connectivity index (χ0v) is 18.4. The Hall–Kier alpha value is -3.97. The molecule has 6 rings (SSSR count). The molecule has 4 aromatic carbocycles. The lowest BCUT2D eigenvalue weighted by Crippen LogP contribution is -2.30. The van der Waals surface area contributed by atoms with Crippen LogP contribution in [-0.4, -0.2) is 21.2 Å². The van der Waals surface area contributed by atoms with Crippen LogP contribution in [0.25, 0.3) is 16.9 Å². The van der Waals surface area contributed by atoms with Crippen LogP contribution in [0, 0.1) is 0 Å². The van der Waals surface area contributed by atoms with Crippen LogP contribution in [0.2, 0.25) is 0 Å². The van der Waals surface area contributed by atoms with E-state index in [-0.39, 0.29) is 6.19 Å². The lowest BCUT2D eigenvalue weighted by molar-refractivity contribution is 0.483. The molecule has 7 heteroatoms. The summed E-state index contributed by atoms with van der Waals surface area (Å²) in [7, 11) is 0. The van der Waals surface area contributed by atoms with Crippen molar-refractivity contribution in [2.75, 3.05) is 0 Å². The van der Waals surface area contributed by atoms with Crippen molar-refractivity contribution < 1.29 is 9.39 Å². The number of ether oxygens (including phenoxy) is 1. The second-order valence-electron chi connectivity index (χ2n) is 7.60. The first-order valence-electron chi connectivity index (χ1n) is 10.6. The molecule has 5 aromatic rings. The van der Waals surface area contributed by atoms with Crippen molar-refractivity contribution >= 4 is 23.3 Å². The molecule has 0 saturated carbocycles. The summed E-state index contributed by atoms with van der Waals surface area (Å²) in [6.07, 6.45) is 1.84. The van der Waals surface area contributed by atoms with Crippen molar-refractivity contribution in [1.82, 2.24) is 15.0 Å². The van der Waals surface area contributed by atoms with Crippen molar-refractivity contribution in [3.63, 3.8) is 0 Å². The molecule has 2 heterocycles. The van der Waals surface area contributed by atoms with Crippen LogP contribution < -0.4 is 14.9 Å². The fourth-order valence-corrected chi connectivity index (χ4v) is 4.77. The second kappa shape index (κ2) is 8.52. The number of para-hydroxylation sites is 2. The molecular weight excluding hydrogens is 429 g/mol. The minimum absolute atomic E-state index is 0.0784. The van der Waals surface area contributed by atoms with E-state index in [1.165, 1.54) is 0 Å². The van der Waals surface area contributed by atoms with E-state index in [4.69, 9.17) is 9.39 Å². The van der Waals surface area contributed by atoms with E-state index in [2.05, 4.69) is 22.4 Å². The summed E-state index contributed by atoms with van der Waals surface area (Å²) in [4.78, 5) is 1.16. The molecule has 0 unspecified atom stereocenters. The van der Waals surface area contributed by atoms with Gasteiger partial charge in [-0.1, -0.05) is 59.8 Å². The quantitative estimate of drug-likeness (QED) is 0.328. The Morgan fingerprint density at radius 1 is 0.788 bits per heavy atom. The fraction of sp³-hybridized carbons (Fsp3) is 0. The van der Waals surface area contributed by atoms with Gasteiger partial charge in [0.05, 0.1) is 11.9 Å². The van der Waals surface area contributed by atoms with Gasteiger partial charge in [-0.05, 0) is 54.0 Å². The first-order chi connectivity index (χ1) is 16.3. The van der Waals surface area contributed by atoms with Gasteiger partial charge < -0.3 is 9.39 Å². The Kier molecular flexibility index (Phi) is 5.09. The predicted molar refractivity (Wildman–Crippen MR) is 132 cm³/mol. The summed E-state index contributed by atoms with van der Waals surface area (Å²) in [5.74, 6) is 2.43. The largest absolute Gasteiger partial charge is 0.546 e. The third-order valence-electron chi connectivity index (χ3n) is 5.33. The van der Waals surface area contributed by atoms with Gasteiger partial charge in [-0.25, -0.2) is 4.68 Å². The van der Waals surface area contributed by atoms with E-state index in [0.29, 0.717) is 0 Å². The Morgan fingerprint density at radius 3 is 2.45 bits per heavy atom. The molecule has 33 heavy (non-hydrogen) atoms. The number of aromatic nitrogens is 3. The Morgan fingerprint density at radius 2 is 1.58 bits per heavy atom. The molecule has 0 N–H and O–H groups in total. The summed E-state index contributed by atoms with van der Waals surface area (Å²) in [6, 6.07) is 34.0. The zero-order valence-electron chi connectivity index (χ0n) is 17.5. The highest BCUT2D eigenvalue weighted by Gasteiger charge is 2.31. The van der Waals surface area contributed by atoms with Crippen molar-refractivity contribution in [1.29, 1.82) is 0 Å². The van der Waals surface area contributed by atoms with Crippen LogP contribution in [0.3, 0.4) is 0 Å². The number of hydrogen-bond acceptors (Lipinski definition) is 5. The van der Waals surface area contributed by atoms with Gasteiger partial charge >= 0.3 is 6.19 Å². The van der Waals surface area contributed by atoms with Crippen molar-refractivity contribution in [3.05, 3.63) is 109 Å². The normalized spacial score (nSPS) is 12.3. The van der Waals surface area contributed by atoms with E-state index in [1.54, 1.807) is 16.3 Å². The van der Waals surface area contributed by atoms with Gasteiger partial charge in [-0.15, -0.1) is 16.7 Å². The molecule has 0 bridgehead atoms. The summed E-state index contributed by atoms with van der Waals surface area (Å²) in [5.41, 5.74) is 3.76. The molecule has 1 aromatic heterocycles. The molecular formula is C26H18BN3O2S. The molecule has 0 radical (unpaired) electrons. The second-order valence-corrected chi connectivity index (χ2v) is 8.70. The lowest BCUT2D eigenvalue weighted by atomic mass is 9.86. The number of benzene rings is 4. The highest BCUT2D eigenvalue weighted by Crippen LogP contribution is 2.38. The van der Waals surface area contributed by atoms with Crippen LogP contribution in [0.15, 0.2) is 114 Å². The summed E-state index contributed by atoms with van der Waals surface area (Å²) >= 11 is 1.71. The fourth-order valence-electron chi connectivity index (χ4n) is 3.72. The Bertz CT molecular complexity index is 1400. The SMILES string of the molecule is c1ccc(-n2cc(-c3cccc(Oc4cccc(B5Oc6ccccc6S5)c4)c3)nn2)cc1. The highest BCUT2D eigenvalue weighted by atomic mass is 32.2. The monoisotopic (exact) mass is 447 g/mol. The number of nitrogens with zero attached hydrogens (tertiary/aromatic N) is 3. The Labute approximate surface area is 196 Å². The molecule has 158 valence electrons. The van der Waals surface area contributed by atoms with Gasteiger partial charge in [0.15, 0.2) is 0 Å². The van der Waals surface area contributed by atoms with E-state index >= 15 is 0 Å². The minimum Gasteiger partial charge on any atom is -0.546 e. The average molecular weight is 447 g/mol. The molecule has 0 atom stereocenters. The molecule has 5 nitrogen and oxygen atoms in total. The molecule has 1 aliphatic rings. The average Bonchev–Trinajstić information content (AvgIpc) is 3.53. The molecule has 0 fully saturated rings. The van der Waals surface area contributed by atoms with Crippen molar-refractivity contribution in [2.45, 2.75) is 4.90 Å². The van der Waals surface area contributed by atoms with Gasteiger partial charge in [0.2, 0.25) is 0 Å². The number of hydrogen-bond donors (Lipinski definition) is 0. The smallest absolute Gasteiger partial charge is 0.467 e. The molecule has 0 saturated heterocycles. The van der Waals surface area contributed by atoms with Crippen LogP contribution in [0.1, 0.15) is 0 Å². The maximum Gasteiger partial charge on any atom is 0.467 e. The summed E-state index contributed by atoms with van der Waals surface area (Å²) < 4.78 is 14.1. The van der Waals surface area contributed by atoms with E-state index in [0.717, 1.165) is 44.6 Å². The van der Waals surface area contributed by atoms with Crippen LogP contribution in [-0.2, 0) is 0 Å². The van der Waals surface area contributed by atoms with Gasteiger partial charge in [-0.3, -0.25) is 0 Å². The third-order valence-corrected chi connectivity index (χ3v) is 6.50. The lowest BCUT2D eigenvalue weighted by Gasteiger charge is -2.10. The molecule has 1 aliphatic heterocycles. The van der Waals surface area contributed by atoms with Gasteiger partial charge in [0.25, 0.3) is 0 Å². The predicted octanol–water partition coefficient (Wildman–Crippen LogP) is 5.61. The maximum atomic E-state index is 6.19. The maximum absolute atomic E-state index is 6.19. The van der Waals surface area contributed by atoms with E-state index < -0.39 is 0 Å². The van der Waals surface area contributed by atoms with Gasteiger partial charge in [-0.2, -0.15) is 0 Å². The van der Waals surface area contributed by atoms with E-state index in [1.807, 2.05) is 97.2 Å². The van der Waals surface area contributed by atoms with Crippen molar-refractivity contribution in [3.8, 4) is 34.2 Å². The van der Waals surface area contributed by atoms with Crippen LogP contribution in [0.4, 0.5) is 0 Å². The zero-order chi connectivity index (χ0) is 22.0. The number of fused-ring (bicyclic) bond motifs is 1. The summed E-state index contributed by atoms with van der Waals surface area (Å²) in [5, 5.41) is 8.59. The third kappa shape index (κ3) is 4.11. The van der Waals surface area contributed by atoms with Crippen LogP contribution >= 0.6 is 11.6 Å². The topological polar surface area (TPSA) is 49.2 Å². The minimum atomic E-state index is -0.0784.